The van der Waals surface area contributed by atoms with Crippen molar-refractivity contribution in [2.45, 2.75) is 26.4 Å². The maximum absolute atomic E-state index is 12.6. The Labute approximate surface area is 173 Å². The monoisotopic (exact) mass is 407 g/mol. The Morgan fingerprint density at radius 2 is 1.83 bits per heavy atom. The number of halogens is 1. The van der Waals surface area contributed by atoms with Gasteiger partial charge in [0.05, 0.1) is 29.5 Å². The molecule has 0 aliphatic heterocycles. The Morgan fingerprint density at radius 1 is 1.07 bits per heavy atom. The van der Waals surface area contributed by atoms with Crippen molar-refractivity contribution in [3.05, 3.63) is 87.6 Å². The van der Waals surface area contributed by atoms with E-state index in [1.165, 1.54) is 4.68 Å². The minimum absolute atomic E-state index is 0.153. The third-order valence-corrected chi connectivity index (χ3v) is 5.24. The van der Waals surface area contributed by atoms with E-state index < -0.39 is 0 Å². The van der Waals surface area contributed by atoms with Crippen molar-refractivity contribution in [3.63, 3.8) is 0 Å². The molecular weight excluding hydrogens is 386 g/mol. The molecule has 0 unspecified atom stereocenters. The first-order valence-electron chi connectivity index (χ1n) is 9.65. The topological polar surface area (TPSA) is 64.7 Å². The standard InChI is InChI=1S/C22H22ClN5O/c1-2-27-19-11-7-6-10-17(19)26-20(27)12-13-24-18-14-25-28(22(29)21(18)23)15-16-8-4-3-5-9-16/h3-11,14,24H,2,12-13,15H2,1H3. The summed E-state index contributed by atoms with van der Waals surface area (Å²) in [4.78, 5) is 17.3. The van der Waals surface area contributed by atoms with E-state index >= 15 is 0 Å². The van der Waals surface area contributed by atoms with E-state index in [0.717, 1.165) is 29.0 Å². The lowest BCUT2D eigenvalue weighted by molar-refractivity contribution is 0.639. The number of aromatic nitrogens is 4. The average Bonchev–Trinajstić information content (AvgIpc) is 3.11. The summed E-state index contributed by atoms with van der Waals surface area (Å²) < 4.78 is 3.58. The van der Waals surface area contributed by atoms with Crippen LogP contribution in [0.1, 0.15) is 18.3 Å². The first-order valence-corrected chi connectivity index (χ1v) is 10.0. The molecule has 0 atom stereocenters. The van der Waals surface area contributed by atoms with Gasteiger partial charge >= 0.3 is 0 Å². The molecule has 2 aromatic carbocycles. The zero-order valence-corrected chi connectivity index (χ0v) is 16.9. The van der Waals surface area contributed by atoms with Gasteiger partial charge in [0.1, 0.15) is 10.8 Å². The van der Waals surface area contributed by atoms with Gasteiger partial charge in [0.2, 0.25) is 0 Å². The van der Waals surface area contributed by atoms with Crippen LogP contribution in [-0.2, 0) is 19.5 Å². The molecule has 0 spiro atoms. The second-order valence-corrected chi connectivity index (χ2v) is 7.14. The lowest BCUT2D eigenvalue weighted by atomic mass is 10.2. The summed E-state index contributed by atoms with van der Waals surface area (Å²) in [6.45, 7) is 3.96. The quantitative estimate of drug-likeness (QED) is 0.503. The van der Waals surface area contributed by atoms with E-state index in [1.807, 2.05) is 48.5 Å². The van der Waals surface area contributed by atoms with Crippen LogP contribution >= 0.6 is 11.6 Å². The molecule has 0 bridgehead atoms. The zero-order valence-electron chi connectivity index (χ0n) is 16.2. The number of hydrogen-bond acceptors (Lipinski definition) is 4. The summed E-state index contributed by atoms with van der Waals surface area (Å²) in [5.41, 5.74) is 3.36. The molecule has 7 heteroatoms. The minimum atomic E-state index is -0.304. The summed E-state index contributed by atoms with van der Waals surface area (Å²) in [7, 11) is 0. The van der Waals surface area contributed by atoms with E-state index in [2.05, 4.69) is 28.0 Å². The Hall–Kier alpha value is -3.12. The highest BCUT2D eigenvalue weighted by atomic mass is 35.5. The van der Waals surface area contributed by atoms with Crippen LogP contribution in [0.3, 0.4) is 0 Å². The highest BCUT2D eigenvalue weighted by Crippen LogP contribution is 2.18. The Morgan fingerprint density at radius 3 is 2.62 bits per heavy atom. The molecule has 0 amide bonds. The molecule has 148 valence electrons. The van der Waals surface area contributed by atoms with Gasteiger partial charge in [-0.05, 0) is 24.6 Å². The van der Waals surface area contributed by atoms with Gasteiger partial charge < -0.3 is 9.88 Å². The van der Waals surface area contributed by atoms with Gasteiger partial charge in [-0.3, -0.25) is 4.79 Å². The fourth-order valence-electron chi connectivity index (χ4n) is 3.44. The molecule has 2 aromatic heterocycles. The van der Waals surface area contributed by atoms with Gasteiger partial charge in [-0.25, -0.2) is 9.67 Å². The molecule has 0 radical (unpaired) electrons. The lowest BCUT2D eigenvalue weighted by Crippen LogP contribution is -2.25. The molecule has 2 heterocycles. The third-order valence-electron chi connectivity index (χ3n) is 4.87. The van der Waals surface area contributed by atoms with Gasteiger partial charge in [-0.1, -0.05) is 54.1 Å². The number of aryl methyl sites for hydroxylation is 1. The van der Waals surface area contributed by atoms with Crippen molar-refractivity contribution >= 4 is 28.3 Å². The summed E-state index contributed by atoms with van der Waals surface area (Å²) in [6.07, 6.45) is 2.32. The first kappa shape index (κ1) is 19.2. The minimum Gasteiger partial charge on any atom is -0.382 e. The fourth-order valence-corrected chi connectivity index (χ4v) is 3.65. The van der Waals surface area contributed by atoms with Crippen LogP contribution in [0.5, 0.6) is 0 Å². The second-order valence-electron chi connectivity index (χ2n) is 6.76. The van der Waals surface area contributed by atoms with Gasteiger partial charge in [-0.2, -0.15) is 5.10 Å². The molecule has 4 rings (SSSR count). The summed E-state index contributed by atoms with van der Waals surface area (Å²) in [6, 6.07) is 17.8. The Bertz CT molecular complexity index is 1180. The van der Waals surface area contributed by atoms with E-state index in [-0.39, 0.29) is 10.6 Å². The smallest absolute Gasteiger partial charge is 0.287 e. The van der Waals surface area contributed by atoms with Crippen LogP contribution in [0.25, 0.3) is 11.0 Å². The number of benzene rings is 2. The number of hydrogen-bond donors (Lipinski definition) is 1. The molecular formula is C22H22ClN5O. The maximum Gasteiger partial charge on any atom is 0.287 e. The van der Waals surface area contributed by atoms with Crippen LogP contribution < -0.4 is 10.9 Å². The number of nitrogens with one attached hydrogen (secondary N) is 1. The van der Waals surface area contributed by atoms with E-state index in [4.69, 9.17) is 16.6 Å². The number of nitrogens with zero attached hydrogens (tertiary/aromatic N) is 4. The van der Waals surface area contributed by atoms with Crippen LogP contribution in [-0.4, -0.2) is 25.9 Å². The Balaban J connectivity index is 1.47. The molecule has 0 fully saturated rings. The molecule has 1 N–H and O–H groups in total. The van der Waals surface area contributed by atoms with Gasteiger partial charge in [0, 0.05) is 19.5 Å². The van der Waals surface area contributed by atoms with Crippen molar-refractivity contribution in [2.24, 2.45) is 0 Å². The third kappa shape index (κ3) is 4.03. The van der Waals surface area contributed by atoms with Gasteiger partial charge in [0.15, 0.2) is 0 Å². The van der Waals surface area contributed by atoms with Crippen molar-refractivity contribution in [1.82, 2.24) is 19.3 Å². The molecule has 6 nitrogen and oxygen atoms in total. The number of imidazole rings is 1. The molecule has 0 aliphatic rings. The molecule has 0 aliphatic carbocycles. The first-order chi connectivity index (χ1) is 14.2. The molecule has 4 aromatic rings. The molecule has 29 heavy (non-hydrogen) atoms. The zero-order chi connectivity index (χ0) is 20.2. The fraction of sp³-hybridized carbons (Fsp3) is 0.227. The number of anilines is 1. The largest absolute Gasteiger partial charge is 0.382 e. The predicted octanol–water partition coefficient (Wildman–Crippen LogP) is 3.97. The molecule has 0 saturated carbocycles. The number of para-hydroxylation sites is 2. The van der Waals surface area contributed by atoms with Crippen LogP contribution in [0.4, 0.5) is 5.69 Å². The summed E-state index contributed by atoms with van der Waals surface area (Å²) >= 11 is 6.31. The van der Waals surface area contributed by atoms with Crippen molar-refractivity contribution in [2.75, 3.05) is 11.9 Å². The summed E-state index contributed by atoms with van der Waals surface area (Å²) in [5, 5.41) is 7.65. The average molecular weight is 408 g/mol. The van der Waals surface area contributed by atoms with Gasteiger partial charge in [0.25, 0.3) is 5.56 Å². The van der Waals surface area contributed by atoms with Crippen LogP contribution in [0.2, 0.25) is 5.02 Å². The predicted molar refractivity (Wildman–Crippen MR) is 117 cm³/mol. The highest BCUT2D eigenvalue weighted by molar-refractivity contribution is 6.32. The van der Waals surface area contributed by atoms with Crippen molar-refractivity contribution in [3.8, 4) is 0 Å². The van der Waals surface area contributed by atoms with E-state index in [9.17, 15) is 4.79 Å². The number of rotatable bonds is 7. The van der Waals surface area contributed by atoms with E-state index in [1.54, 1.807) is 6.20 Å². The van der Waals surface area contributed by atoms with E-state index in [0.29, 0.717) is 25.2 Å². The van der Waals surface area contributed by atoms with Crippen molar-refractivity contribution in [1.29, 1.82) is 0 Å². The second kappa shape index (κ2) is 8.49. The summed E-state index contributed by atoms with van der Waals surface area (Å²) in [5.74, 6) is 1.00. The molecule has 0 saturated heterocycles. The van der Waals surface area contributed by atoms with Crippen molar-refractivity contribution < 1.29 is 0 Å². The van der Waals surface area contributed by atoms with Gasteiger partial charge in [-0.15, -0.1) is 0 Å². The van der Waals surface area contributed by atoms with Crippen LogP contribution in [0, 0.1) is 0 Å². The highest BCUT2D eigenvalue weighted by Gasteiger charge is 2.11. The lowest BCUT2D eigenvalue weighted by Gasteiger charge is -2.11. The Kier molecular flexibility index (Phi) is 5.62. The normalized spacial score (nSPS) is 11.1. The number of fused-ring (bicyclic) bond motifs is 1. The SMILES string of the molecule is CCn1c(CCNc2cnn(Cc3ccccc3)c(=O)c2Cl)nc2ccccc21. The maximum atomic E-state index is 12.6. The van der Waals surface area contributed by atoms with Crippen LogP contribution in [0.15, 0.2) is 65.6 Å².